The number of fused-ring (bicyclic) bond motifs is 2. The van der Waals surface area contributed by atoms with E-state index < -0.39 is 0 Å². The molecular formula is C28H26ClNO. The van der Waals surface area contributed by atoms with Gasteiger partial charge in [0.25, 0.3) is 0 Å². The van der Waals surface area contributed by atoms with Gasteiger partial charge in [0.15, 0.2) is 5.78 Å². The highest BCUT2D eigenvalue weighted by Gasteiger charge is 2.22. The van der Waals surface area contributed by atoms with Crippen LogP contribution in [0.25, 0.3) is 17.7 Å². The normalized spacial score (nSPS) is 14.9. The van der Waals surface area contributed by atoms with Crippen molar-refractivity contribution in [2.45, 2.75) is 19.8 Å². The van der Waals surface area contributed by atoms with Gasteiger partial charge in [-0.3, -0.25) is 4.79 Å². The lowest BCUT2D eigenvalue weighted by Crippen LogP contribution is -2.31. The molecule has 1 aliphatic heterocycles. The minimum absolute atomic E-state index is 0. The molecule has 0 N–H and O–H groups in total. The van der Waals surface area contributed by atoms with Gasteiger partial charge in [-0.05, 0) is 59.7 Å². The predicted octanol–water partition coefficient (Wildman–Crippen LogP) is 6.90. The predicted molar refractivity (Wildman–Crippen MR) is 133 cm³/mol. The molecule has 1 aliphatic carbocycles. The van der Waals surface area contributed by atoms with Crippen molar-refractivity contribution in [3.63, 3.8) is 0 Å². The Kier molecular flexibility index (Phi) is 6.11. The number of nitrogens with zero attached hydrogens (tertiary/aromatic N) is 1. The van der Waals surface area contributed by atoms with Crippen LogP contribution in [0.15, 0.2) is 78.4 Å². The molecule has 2 aliphatic rings. The molecule has 3 heteroatoms. The van der Waals surface area contributed by atoms with E-state index in [4.69, 9.17) is 0 Å². The first kappa shape index (κ1) is 21.1. The molecule has 0 spiro atoms. The van der Waals surface area contributed by atoms with Crippen LogP contribution < -0.4 is 4.90 Å². The van der Waals surface area contributed by atoms with E-state index in [9.17, 15) is 4.79 Å². The lowest BCUT2D eigenvalue weighted by Gasteiger charge is -2.32. The number of hydrogen-bond donors (Lipinski definition) is 0. The largest absolute Gasteiger partial charge is 0.371 e. The third kappa shape index (κ3) is 4.08. The number of Topliss-reactive ketones (excluding diaryl/α,β-unsaturated/α-hetero) is 1. The van der Waals surface area contributed by atoms with Gasteiger partial charge in [0.05, 0.1) is 0 Å². The number of benzene rings is 3. The first-order valence-electron chi connectivity index (χ1n) is 10.7. The molecule has 1 heterocycles. The van der Waals surface area contributed by atoms with Crippen LogP contribution in [-0.4, -0.2) is 18.9 Å². The highest BCUT2D eigenvalue weighted by molar-refractivity contribution is 5.96. The zero-order valence-electron chi connectivity index (χ0n) is 17.7. The Morgan fingerprint density at radius 3 is 1.94 bits per heavy atom. The number of anilines is 1. The average Bonchev–Trinajstić information content (AvgIpc) is 2.96. The minimum Gasteiger partial charge on any atom is -0.371 e. The molecule has 1 fully saturated rings. The Balaban J connectivity index is 0.00000231. The lowest BCUT2D eigenvalue weighted by molar-refractivity contribution is 0.101. The van der Waals surface area contributed by atoms with Gasteiger partial charge in [0, 0.05) is 24.3 Å². The van der Waals surface area contributed by atoms with Gasteiger partial charge in [-0.2, -0.15) is 0 Å². The Morgan fingerprint density at radius 2 is 1.35 bits per heavy atom. The molecule has 1 saturated heterocycles. The molecule has 3 aromatic carbocycles. The maximum absolute atomic E-state index is 11.8. The van der Waals surface area contributed by atoms with Gasteiger partial charge in [-0.25, -0.2) is 0 Å². The van der Waals surface area contributed by atoms with Gasteiger partial charge < -0.3 is 4.90 Å². The highest BCUT2D eigenvalue weighted by atomic mass is 35.5. The van der Waals surface area contributed by atoms with Crippen molar-refractivity contribution in [3.05, 3.63) is 106 Å². The van der Waals surface area contributed by atoms with Crippen molar-refractivity contribution < 1.29 is 4.79 Å². The van der Waals surface area contributed by atoms with Gasteiger partial charge >= 0.3 is 0 Å². The summed E-state index contributed by atoms with van der Waals surface area (Å²) in [7, 11) is 0. The number of halogens is 1. The van der Waals surface area contributed by atoms with Crippen LogP contribution in [0.1, 0.15) is 52.4 Å². The summed E-state index contributed by atoms with van der Waals surface area (Å²) in [4.78, 5) is 14.2. The van der Waals surface area contributed by atoms with E-state index in [0.717, 1.165) is 37.2 Å². The fourth-order valence-electron chi connectivity index (χ4n) is 4.65. The molecule has 0 aromatic heterocycles. The van der Waals surface area contributed by atoms with Crippen molar-refractivity contribution in [1.29, 1.82) is 0 Å². The molecule has 156 valence electrons. The highest BCUT2D eigenvalue weighted by Crippen LogP contribution is 2.39. The van der Waals surface area contributed by atoms with Gasteiger partial charge in [0.1, 0.15) is 0 Å². The second-order valence-electron chi connectivity index (χ2n) is 8.08. The maximum Gasteiger partial charge on any atom is 0.159 e. The van der Waals surface area contributed by atoms with Crippen molar-refractivity contribution >= 4 is 41.6 Å². The summed E-state index contributed by atoms with van der Waals surface area (Å²) in [6, 6.07) is 25.5. The third-order valence-corrected chi connectivity index (χ3v) is 6.24. The fourth-order valence-corrected chi connectivity index (χ4v) is 4.65. The molecule has 0 unspecified atom stereocenters. The second-order valence-corrected chi connectivity index (χ2v) is 8.08. The summed E-state index contributed by atoms with van der Waals surface area (Å²) in [6.07, 6.45) is 6.54. The van der Waals surface area contributed by atoms with Crippen molar-refractivity contribution in [2.24, 2.45) is 0 Å². The average molecular weight is 428 g/mol. The number of piperidine rings is 1. The van der Waals surface area contributed by atoms with Gasteiger partial charge in [-0.1, -0.05) is 78.4 Å². The van der Waals surface area contributed by atoms with E-state index in [1.54, 1.807) is 6.92 Å². The molecule has 0 atom stereocenters. The van der Waals surface area contributed by atoms with E-state index in [2.05, 4.69) is 71.6 Å². The molecule has 0 bridgehead atoms. The third-order valence-electron chi connectivity index (χ3n) is 6.24. The quantitative estimate of drug-likeness (QED) is 0.324. The Hall–Kier alpha value is -3.10. The van der Waals surface area contributed by atoms with Crippen molar-refractivity contribution in [1.82, 2.24) is 0 Å². The monoisotopic (exact) mass is 427 g/mol. The van der Waals surface area contributed by atoms with Crippen LogP contribution in [0.2, 0.25) is 0 Å². The van der Waals surface area contributed by atoms with E-state index in [-0.39, 0.29) is 18.2 Å². The second kappa shape index (κ2) is 8.95. The summed E-state index contributed by atoms with van der Waals surface area (Å²) in [5.41, 5.74) is 10.1. The zero-order chi connectivity index (χ0) is 20.5. The molecule has 3 aromatic rings. The molecule has 0 radical (unpaired) electrons. The van der Waals surface area contributed by atoms with E-state index in [0.29, 0.717) is 0 Å². The number of carbonyl (C=O) groups excluding carboxylic acids is 1. The first-order chi connectivity index (χ1) is 14.7. The molecule has 0 saturated carbocycles. The molecule has 5 rings (SSSR count). The van der Waals surface area contributed by atoms with Crippen molar-refractivity contribution in [3.8, 4) is 0 Å². The summed E-state index contributed by atoms with van der Waals surface area (Å²) in [5, 5.41) is 0. The first-order valence-corrected chi connectivity index (χ1v) is 10.7. The summed E-state index contributed by atoms with van der Waals surface area (Å²) in [6.45, 7) is 3.57. The SMILES string of the molecule is CC(=O)c1cccc(N2CCC(=C3c4ccccc4C=Cc4ccccc43)CC2)c1.Cl. The van der Waals surface area contributed by atoms with Gasteiger partial charge in [-0.15, -0.1) is 12.4 Å². The maximum atomic E-state index is 11.8. The molecule has 31 heavy (non-hydrogen) atoms. The van der Waals surface area contributed by atoms with E-state index >= 15 is 0 Å². The van der Waals surface area contributed by atoms with Crippen LogP contribution in [0.3, 0.4) is 0 Å². The van der Waals surface area contributed by atoms with Crippen LogP contribution in [-0.2, 0) is 0 Å². The Morgan fingerprint density at radius 1 is 0.774 bits per heavy atom. The smallest absolute Gasteiger partial charge is 0.159 e. The summed E-state index contributed by atoms with van der Waals surface area (Å²) >= 11 is 0. The Bertz CT molecular complexity index is 1130. The fraction of sp³-hybridized carbons (Fsp3) is 0.179. The molecule has 2 nitrogen and oxygen atoms in total. The minimum atomic E-state index is 0. The van der Waals surface area contributed by atoms with E-state index in [1.165, 1.54) is 33.4 Å². The molecular weight excluding hydrogens is 402 g/mol. The van der Waals surface area contributed by atoms with E-state index in [1.807, 2.05) is 18.2 Å². The summed E-state index contributed by atoms with van der Waals surface area (Å²) < 4.78 is 0. The van der Waals surface area contributed by atoms with Crippen LogP contribution in [0.5, 0.6) is 0 Å². The van der Waals surface area contributed by atoms with Crippen LogP contribution in [0, 0.1) is 0 Å². The van der Waals surface area contributed by atoms with Gasteiger partial charge in [0.2, 0.25) is 0 Å². The standard InChI is InChI=1S/C28H25NO.ClH/c1-20(30)24-9-6-10-25(19-24)29-17-15-23(16-18-29)28-26-11-4-2-7-21(26)13-14-22-8-3-5-12-27(22)28;/h2-14,19H,15-18H2,1H3;1H. The topological polar surface area (TPSA) is 20.3 Å². The number of rotatable bonds is 2. The zero-order valence-corrected chi connectivity index (χ0v) is 18.5. The lowest BCUT2D eigenvalue weighted by atomic mass is 9.86. The number of hydrogen-bond acceptors (Lipinski definition) is 2. The van der Waals surface area contributed by atoms with Crippen LogP contribution >= 0.6 is 12.4 Å². The summed E-state index contributed by atoms with van der Waals surface area (Å²) in [5.74, 6) is 0.121. The molecule has 0 amide bonds. The van der Waals surface area contributed by atoms with Crippen molar-refractivity contribution in [2.75, 3.05) is 18.0 Å². The Labute approximate surface area is 190 Å². The van der Waals surface area contributed by atoms with Crippen LogP contribution in [0.4, 0.5) is 5.69 Å². The number of ketones is 1. The number of carbonyl (C=O) groups is 1.